The van der Waals surface area contributed by atoms with E-state index < -0.39 is 0 Å². The van der Waals surface area contributed by atoms with Crippen molar-refractivity contribution >= 4 is 34.8 Å². The molecule has 5 heteroatoms. The number of hydrogen-bond donors (Lipinski definition) is 0. The molecule has 28 heavy (non-hydrogen) atoms. The van der Waals surface area contributed by atoms with Crippen LogP contribution < -0.4 is 9.64 Å². The number of nitrogens with zero attached hydrogens (tertiary/aromatic N) is 1. The van der Waals surface area contributed by atoms with Gasteiger partial charge in [0.2, 0.25) is 0 Å². The van der Waals surface area contributed by atoms with E-state index in [9.17, 15) is 9.59 Å². The summed E-state index contributed by atoms with van der Waals surface area (Å²) >= 11 is 1.41. The van der Waals surface area contributed by atoms with Crippen molar-refractivity contribution in [3.63, 3.8) is 0 Å². The predicted molar refractivity (Wildman–Crippen MR) is 116 cm³/mol. The summed E-state index contributed by atoms with van der Waals surface area (Å²) < 4.78 is 5.20. The molecule has 1 aliphatic heterocycles. The van der Waals surface area contributed by atoms with Crippen LogP contribution in [0.1, 0.15) is 38.8 Å². The maximum absolute atomic E-state index is 13.2. The van der Waals surface area contributed by atoms with Crippen LogP contribution in [0.4, 0.5) is 5.69 Å². The van der Waals surface area contributed by atoms with Crippen LogP contribution in [0.5, 0.6) is 5.75 Å². The second kappa shape index (κ2) is 7.84. The van der Waals surface area contributed by atoms with Gasteiger partial charge in [-0.25, -0.2) is 4.90 Å². The molecule has 1 heterocycles. The van der Waals surface area contributed by atoms with Gasteiger partial charge in [-0.1, -0.05) is 52.0 Å². The molecule has 3 rings (SSSR count). The zero-order valence-corrected chi connectivity index (χ0v) is 17.7. The molecule has 0 radical (unpaired) electrons. The maximum Gasteiger partial charge on any atom is 0.272 e. The Kier molecular flexibility index (Phi) is 5.66. The zero-order chi connectivity index (χ0) is 20.5. The van der Waals surface area contributed by atoms with Gasteiger partial charge >= 0.3 is 0 Å². The number of methoxy groups -OCH3 is 1. The van der Waals surface area contributed by atoms with Crippen LogP contribution in [-0.2, 0) is 15.0 Å². The lowest BCUT2D eigenvalue weighted by Crippen LogP contribution is -2.31. The van der Waals surface area contributed by atoms with Gasteiger partial charge in [0.05, 0.1) is 23.3 Å². The van der Waals surface area contributed by atoms with E-state index in [1.807, 2.05) is 43.3 Å². The first-order valence-electron chi connectivity index (χ1n) is 9.28. The van der Waals surface area contributed by atoms with E-state index in [2.05, 4.69) is 20.8 Å². The average Bonchev–Trinajstić information content (AvgIpc) is 2.91. The number of benzene rings is 2. The van der Waals surface area contributed by atoms with Gasteiger partial charge in [-0.15, -0.1) is 11.8 Å². The fourth-order valence-corrected chi connectivity index (χ4v) is 4.00. The van der Waals surface area contributed by atoms with Gasteiger partial charge in [0.25, 0.3) is 11.8 Å². The zero-order valence-electron chi connectivity index (χ0n) is 16.9. The SMILES string of the molecule is CCSC1=C(c2ccc(OC)cc2)C(=O)N(c2ccc(C(C)(C)C)cc2)C1=O. The highest BCUT2D eigenvalue weighted by Crippen LogP contribution is 2.39. The lowest BCUT2D eigenvalue weighted by molar-refractivity contribution is -0.119. The maximum atomic E-state index is 13.2. The van der Waals surface area contributed by atoms with Crippen molar-refractivity contribution in [3.05, 3.63) is 64.6 Å². The third-order valence-corrected chi connectivity index (χ3v) is 5.66. The minimum absolute atomic E-state index is 0.00723. The molecule has 0 spiro atoms. The second-order valence-corrected chi connectivity index (χ2v) is 8.88. The largest absolute Gasteiger partial charge is 0.497 e. The highest BCUT2D eigenvalue weighted by Gasteiger charge is 2.40. The number of imide groups is 1. The predicted octanol–water partition coefficient (Wildman–Crippen LogP) is 5.03. The molecule has 0 aromatic heterocycles. The summed E-state index contributed by atoms with van der Waals surface area (Å²) in [4.78, 5) is 28.1. The number of carbonyl (C=O) groups is 2. The van der Waals surface area contributed by atoms with Crippen molar-refractivity contribution in [3.8, 4) is 5.75 Å². The monoisotopic (exact) mass is 395 g/mol. The van der Waals surface area contributed by atoms with Crippen molar-refractivity contribution in [2.75, 3.05) is 17.8 Å². The Labute approximate surface area is 170 Å². The topological polar surface area (TPSA) is 46.6 Å². The van der Waals surface area contributed by atoms with Gasteiger partial charge < -0.3 is 4.74 Å². The summed E-state index contributed by atoms with van der Waals surface area (Å²) in [6, 6.07) is 14.9. The van der Waals surface area contributed by atoms with Crippen LogP contribution >= 0.6 is 11.8 Å². The van der Waals surface area contributed by atoms with Gasteiger partial charge in [0.15, 0.2) is 0 Å². The van der Waals surface area contributed by atoms with Crippen molar-refractivity contribution in [2.45, 2.75) is 33.1 Å². The van der Waals surface area contributed by atoms with Crippen molar-refractivity contribution in [1.82, 2.24) is 0 Å². The summed E-state index contributed by atoms with van der Waals surface area (Å²) in [6.07, 6.45) is 0. The number of rotatable bonds is 5. The number of thioether (sulfide) groups is 1. The Morgan fingerprint density at radius 2 is 1.54 bits per heavy atom. The number of ether oxygens (including phenoxy) is 1. The van der Waals surface area contributed by atoms with E-state index >= 15 is 0 Å². The first kappa shape index (κ1) is 20.2. The molecule has 146 valence electrons. The molecule has 0 N–H and O–H groups in total. The van der Waals surface area contributed by atoms with Crippen LogP contribution in [0.2, 0.25) is 0 Å². The van der Waals surface area contributed by atoms with Crippen LogP contribution in [0, 0.1) is 0 Å². The Morgan fingerprint density at radius 1 is 0.929 bits per heavy atom. The van der Waals surface area contributed by atoms with E-state index in [1.54, 1.807) is 19.2 Å². The normalized spacial score (nSPS) is 14.8. The smallest absolute Gasteiger partial charge is 0.272 e. The molecule has 0 saturated carbocycles. The molecule has 0 bridgehead atoms. The fourth-order valence-electron chi connectivity index (χ4n) is 3.15. The summed E-state index contributed by atoms with van der Waals surface area (Å²) in [5, 5.41) is 0. The minimum atomic E-state index is -0.283. The minimum Gasteiger partial charge on any atom is -0.497 e. The lowest BCUT2D eigenvalue weighted by atomic mass is 9.87. The molecule has 0 atom stereocenters. The van der Waals surface area contributed by atoms with Crippen molar-refractivity contribution < 1.29 is 14.3 Å². The van der Waals surface area contributed by atoms with Crippen molar-refractivity contribution in [2.24, 2.45) is 0 Å². The number of anilines is 1. The van der Waals surface area contributed by atoms with Gasteiger partial charge in [0, 0.05) is 0 Å². The second-order valence-electron chi connectivity index (χ2n) is 7.61. The highest BCUT2D eigenvalue weighted by atomic mass is 32.2. The molecule has 4 nitrogen and oxygen atoms in total. The quantitative estimate of drug-likeness (QED) is 0.666. The average molecular weight is 396 g/mol. The van der Waals surface area contributed by atoms with Gasteiger partial charge in [-0.05, 0) is 46.6 Å². The molecular formula is C23H25NO3S. The van der Waals surface area contributed by atoms with E-state index in [1.165, 1.54) is 16.7 Å². The first-order chi connectivity index (χ1) is 13.3. The van der Waals surface area contributed by atoms with Crippen LogP contribution in [-0.4, -0.2) is 24.7 Å². The van der Waals surface area contributed by atoms with Gasteiger partial charge in [-0.2, -0.15) is 0 Å². The van der Waals surface area contributed by atoms with Crippen LogP contribution in [0.25, 0.3) is 5.57 Å². The van der Waals surface area contributed by atoms with E-state index in [0.717, 1.165) is 11.1 Å². The molecule has 1 aliphatic rings. The molecule has 0 saturated heterocycles. The van der Waals surface area contributed by atoms with E-state index in [-0.39, 0.29) is 17.2 Å². The third kappa shape index (κ3) is 3.72. The Morgan fingerprint density at radius 3 is 2.04 bits per heavy atom. The summed E-state index contributed by atoms with van der Waals surface area (Å²) in [7, 11) is 1.60. The molecule has 2 aromatic carbocycles. The summed E-state index contributed by atoms with van der Waals surface area (Å²) in [5.41, 5.74) is 2.94. The van der Waals surface area contributed by atoms with E-state index in [4.69, 9.17) is 4.74 Å². The first-order valence-corrected chi connectivity index (χ1v) is 10.3. The standard InChI is InChI=1S/C23H25NO3S/c1-6-28-20-19(15-7-13-18(27-5)14-8-15)21(25)24(22(20)26)17-11-9-16(10-12-17)23(2,3)4/h7-14H,6H2,1-5H3. The number of amides is 2. The molecule has 0 unspecified atom stereocenters. The van der Waals surface area contributed by atoms with Crippen molar-refractivity contribution in [1.29, 1.82) is 0 Å². The van der Waals surface area contributed by atoms with Gasteiger partial charge in [0.1, 0.15) is 5.75 Å². The van der Waals surface area contributed by atoms with Gasteiger partial charge in [-0.3, -0.25) is 9.59 Å². The number of carbonyl (C=O) groups excluding carboxylic acids is 2. The Bertz CT molecular complexity index is 922. The summed E-state index contributed by atoms with van der Waals surface area (Å²) in [6.45, 7) is 8.37. The Hall–Kier alpha value is -2.53. The van der Waals surface area contributed by atoms with Crippen LogP contribution in [0.3, 0.4) is 0 Å². The lowest BCUT2D eigenvalue weighted by Gasteiger charge is -2.21. The molecular weight excluding hydrogens is 370 g/mol. The molecule has 2 amide bonds. The fraction of sp³-hybridized carbons (Fsp3) is 0.304. The van der Waals surface area contributed by atoms with Crippen LogP contribution in [0.15, 0.2) is 53.4 Å². The van der Waals surface area contributed by atoms with E-state index in [0.29, 0.717) is 27.7 Å². The number of hydrogen-bond acceptors (Lipinski definition) is 4. The third-order valence-electron chi connectivity index (χ3n) is 4.70. The summed E-state index contributed by atoms with van der Waals surface area (Å²) in [5.74, 6) is 0.881. The Balaban J connectivity index is 2.01. The highest BCUT2D eigenvalue weighted by molar-refractivity contribution is 8.04. The molecule has 0 fully saturated rings. The molecule has 0 aliphatic carbocycles. The molecule has 2 aromatic rings.